The van der Waals surface area contributed by atoms with Crippen LogP contribution in [-0.2, 0) is 0 Å². The van der Waals surface area contributed by atoms with Crippen molar-refractivity contribution in [3.8, 4) is 50.6 Å². The van der Waals surface area contributed by atoms with Gasteiger partial charge in [0.05, 0.1) is 22.2 Å². The topological polar surface area (TPSA) is 30.7 Å². The van der Waals surface area contributed by atoms with E-state index in [1.807, 2.05) is 12.1 Å². The predicted octanol–water partition coefficient (Wildman–Crippen LogP) is 11.7. The van der Waals surface area contributed by atoms with Crippen molar-refractivity contribution in [2.45, 2.75) is 26.7 Å². The molecule has 226 valence electrons. The van der Waals surface area contributed by atoms with Crippen LogP contribution in [0.5, 0.6) is 0 Å². The van der Waals surface area contributed by atoms with Gasteiger partial charge in [0.25, 0.3) is 0 Å². The molecule has 0 fully saturated rings. The summed E-state index contributed by atoms with van der Waals surface area (Å²) in [4.78, 5) is 10.3. The van der Waals surface area contributed by atoms with Crippen molar-refractivity contribution < 1.29 is 0 Å². The van der Waals surface area contributed by atoms with Crippen molar-refractivity contribution in [3.05, 3.63) is 163 Å². The van der Waals surface area contributed by atoms with Crippen molar-refractivity contribution in [2.24, 2.45) is 0 Å². The van der Waals surface area contributed by atoms with E-state index in [0.29, 0.717) is 0 Å². The summed E-state index contributed by atoms with van der Waals surface area (Å²) in [5, 5.41) is 1.20. The number of para-hydroxylation sites is 3. The van der Waals surface area contributed by atoms with Crippen LogP contribution in [0.1, 0.15) is 30.9 Å². The highest BCUT2D eigenvalue weighted by molar-refractivity contribution is 6.00. The van der Waals surface area contributed by atoms with E-state index in [-0.39, 0.29) is 5.92 Å². The molecule has 8 rings (SSSR count). The highest BCUT2D eigenvalue weighted by Crippen LogP contribution is 2.42. The molecule has 0 saturated carbocycles. The van der Waals surface area contributed by atoms with E-state index in [1.165, 1.54) is 27.6 Å². The number of fused-ring (bicyclic) bond motifs is 2. The first-order valence-corrected chi connectivity index (χ1v) is 16.3. The van der Waals surface area contributed by atoms with E-state index in [9.17, 15) is 0 Å². The van der Waals surface area contributed by atoms with Gasteiger partial charge >= 0.3 is 0 Å². The van der Waals surface area contributed by atoms with Gasteiger partial charge in [0.2, 0.25) is 0 Å². The summed E-state index contributed by atoms with van der Waals surface area (Å²) in [5.74, 6) is 1.22. The van der Waals surface area contributed by atoms with Gasteiger partial charge < -0.3 is 0 Å². The molecule has 0 atom stereocenters. The molecular weight excluding hydrogens is 571 g/mol. The Morgan fingerprint density at radius 3 is 1.98 bits per heavy atom. The Bertz CT molecular complexity index is 2380. The van der Waals surface area contributed by atoms with Crippen molar-refractivity contribution in [2.75, 3.05) is 0 Å². The van der Waals surface area contributed by atoms with E-state index in [1.54, 1.807) is 0 Å². The summed E-state index contributed by atoms with van der Waals surface area (Å²) >= 11 is 0. The monoisotopic (exact) mass is 605 g/mol. The molecule has 8 aromatic rings. The normalized spacial score (nSPS) is 11.5. The van der Waals surface area contributed by atoms with Gasteiger partial charge in [-0.3, -0.25) is 4.57 Å². The zero-order valence-electron chi connectivity index (χ0n) is 26.9. The van der Waals surface area contributed by atoms with Crippen LogP contribution in [0.4, 0.5) is 0 Å². The third-order valence-corrected chi connectivity index (χ3v) is 9.11. The fraction of sp³-hybridized carbons (Fsp3) is 0.0909. The number of benzene rings is 6. The Hall–Kier alpha value is -5.80. The SMILES string of the molecule is Cc1ccccc1-c1c(C(C)C)c(-c2cccc(-c3ccc(-n4c(-c5ccccc5)nc5ccccc54)cc3)c2)nc2ccccc12. The van der Waals surface area contributed by atoms with E-state index < -0.39 is 0 Å². The molecule has 2 heterocycles. The summed E-state index contributed by atoms with van der Waals surface area (Å²) in [7, 11) is 0. The van der Waals surface area contributed by atoms with Crippen molar-refractivity contribution in [1.29, 1.82) is 0 Å². The molecule has 0 aliphatic carbocycles. The lowest BCUT2D eigenvalue weighted by molar-refractivity contribution is 0.867. The quantitative estimate of drug-likeness (QED) is 0.189. The summed E-state index contributed by atoms with van der Waals surface area (Å²) in [6, 6.07) is 53.7. The van der Waals surface area contributed by atoms with Crippen molar-refractivity contribution in [3.63, 3.8) is 0 Å². The molecule has 3 nitrogen and oxygen atoms in total. The van der Waals surface area contributed by atoms with Gasteiger partial charge in [0.15, 0.2) is 0 Å². The first-order chi connectivity index (χ1) is 23.1. The van der Waals surface area contributed by atoms with E-state index in [4.69, 9.17) is 9.97 Å². The second-order valence-electron chi connectivity index (χ2n) is 12.5. The minimum Gasteiger partial charge on any atom is -0.292 e. The van der Waals surface area contributed by atoms with Gasteiger partial charge in [0.1, 0.15) is 5.82 Å². The molecule has 0 radical (unpaired) electrons. The minimum absolute atomic E-state index is 0.281. The Morgan fingerprint density at radius 1 is 0.532 bits per heavy atom. The molecule has 0 bridgehead atoms. The second kappa shape index (κ2) is 11.9. The molecular formula is C44H35N3. The van der Waals surface area contributed by atoms with Crippen LogP contribution in [0, 0.1) is 6.92 Å². The van der Waals surface area contributed by atoms with E-state index in [0.717, 1.165) is 56.0 Å². The first-order valence-electron chi connectivity index (χ1n) is 16.3. The minimum atomic E-state index is 0.281. The molecule has 0 saturated heterocycles. The number of rotatable bonds is 6. The molecule has 3 heteroatoms. The summed E-state index contributed by atoms with van der Waals surface area (Å²) in [5.41, 5.74) is 14.9. The van der Waals surface area contributed by atoms with Gasteiger partial charge in [-0.05, 0) is 82.6 Å². The largest absolute Gasteiger partial charge is 0.292 e. The average molecular weight is 606 g/mol. The lowest BCUT2D eigenvalue weighted by atomic mass is 9.85. The number of hydrogen-bond donors (Lipinski definition) is 0. The summed E-state index contributed by atoms with van der Waals surface area (Å²) < 4.78 is 2.26. The van der Waals surface area contributed by atoms with E-state index >= 15 is 0 Å². The summed E-state index contributed by atoms with van der Waals surface area (Å²) in [6.45, 7) is 6.76. The molecule has 0 amide bonds. The first kappa shape index (κ1) is 28.7. The third-order valence-electron chi connectivity index (χ3n) is 9.11. The molecule has 0 unspecified atom stereocenters. The van der Waals surface area contributed by atoms with Gasteiger partial charge in [-0.1, -0.05) is 129 Å². The standard InChI is InChI=1S/C44H35N3/c1-29(2)41-42(36-19-8-7-14-30(36)3)37-20-9-10-21-38(37)45-43(41)34-18-13-17-33(28-34)31-24-26-35(27-25-31)47-40-23-12-11-22-39(40)46-44(47)32-15-5-4-6-16-32/h4-29H,1-3H3. The molecule has 0 spiro atoms. The molecule has 0 N–H and O–H groups in total. The molecule has 47 heavy (non-hydrogen) atoms. The Balaban J connectivity index is 1.25. The van der Waals surface area contributed by atoms with Gasteiger partial charge in [-0.15, -0.1) is 0 Å². The molecule has 2 aromatic heterocycles. The second-order valence-corrected chi connectivity index (χ2v) is 12.5. The lowest BCUT2D eigenvalue weighted by Gasteiger charge is -2.22. The Morgan fingerprint density at radius 2 is 1.19 bits per heavy atom. The average Bonchev–Trinajstić information content (AvgIpc) is 3.51. The maximum Gasteiger partial charge on any atom is 0.145 e. The third kappa shape index (κ3) is 5.10. The highest BCUT2D eigenvalue weighted by atomic mass is 15.1. The predicted molar refractivity (Wildman–Crippen MR) is 197 cm³/mol. The van der Waals surface area contributed by atoms with Crippen LogP contribution >= 0.6 is 0 Å². The van der Waals surface area contributed by atoms with Crippen LogP contribution < -0.4 is 0 Å². The zero-order chi connectivity index (χ0) is 31.9. The summed E-state index contributed by atoms with van der Waals surface area (Å²) in [6.07, 6.45) is 0. The molecule has 0 aliphatic rings. The number of nitrogens with zero attached hydrogens (tertiary/aromatic N) is 3. The number of aryl methyl sites for hydroxylation is 1. The Kier molecular flexibility index (Phi) is 7.23. The van der Waals surface area contributed by atoms with Crippen LogP contribution in [-0.4, -0.2) is 14.5 Å². The number of pyridine rings is 1. The maximum absolute atomic E-state index is 5.32. The smallest absolute Gasteiger partial charge is 0.145 e. The van der Waals surface area contributed by atoms with Gasteiger partial charge in [-0.25, -0.2) is 9.97 Å². The number of hydrogen-bond acceptors (Lipinski definition) is 2. The zero-order valence-corrected chi connectivity index (χ0v) is 26.9. The van der Waals surface area contributed by atoms with Gasteiger partial charge in [-0.2, -0.15) is 0 Å². The molecule has 0 aliphatic heterocycles. The Labute approximate surface area is 275 Å². The van der Waals surface area contributed by atoms with Crippen molar-refractivity contribution >= 4 is 21.9 Å². The maximum atomic E-state index is 5.32. The van der Waals surface area contributed by atoms with Crippen LogP contribution in [0.2, 0.25) is 0 Å². The number of imidazole rings is 1. The molecule has 6 aromatic carbocycles. The van der Waals surface area contributed by atoms with Crippen LogP contribution in [0.3, 0.4) is 0 Å². The fourth-order valence-corrected chi connectivity index (χ4v) is 6.87. The number of aromatic nitrogens is 3. The van der Waals surface area contributed by atoms with Crippen LogP contribution in [0.25, 0.3) is 72.5 Å². The van der Waals surface area contributed by atoms with Crippen LogP contribution in [0.15, 0.2) is 152 Å². The van der Waals surface area contributed by atoms with E-state index in [2.05, 4.69) is 165 Å². The van der Waals surface area contributed by atoms with Gasteiger partial charge in [0, 0.05) is 22.2 Å². The fourth-order valence-electron chi connectivity index (χ4n) is 6.87. The highest BCUT2D eigenvalue weighted by Gasteiger charge is 2.21. The lowest BCUT2D eigenvalue weighted by Crippen LogP contribution is -2.02. The van der Waals surface area contributed by atoms with Crippen molar-refractivity contribution in [1.82, 2.24) is 14.5 Å².